The third-order valence-corrected chi connectivity index (χ3v) is 3.18. The van der Waals surface area contributed by atoms with Crippen LogP contribution in [0, 0.1) is 0 Å². The minimum absolute atomic E-state index is 0.118. The molecule has 0 fully saturated rings. The van der Waals surface area contributed by atoms with E-state index in [2.05, 4.69) is 4.99 Å². The molecule has 0 saturated carbocycles. The van der Waals surface area contributed by atoms with Crippen LogP contribution in [0.15, 0.2) is 29.3 Å². The summed E-state index contributed by atoms with van der Waals surface area (Å²) in [6, 6.07) is 4.94. The smallest absolute Gasteiger partial charge is 0.379 e. The lowest BCUT2D eigenvalue weighted by Gasteiger charge is -2.09. The molecule has 1 aromatic carbocycles. The number of nitrogens with zero attached hydrogens (tertiary/aromatic N) is 1. The van der Waals surface area contributed by atoms with Crippen LogP contribution in [0.4, 0.5) is 13.2 Å². The van der Waals surface area contributed by atoms with Crippen LogP contribution in [-0.2, 0) is 6.18 Å². The third kappa shape index (κ3) is 2.32. The summed E-state index contributed by atoms with van der Waals surface area (Å²) < 4.78 is 36.9. The number of amidine groups is 1. The number of hydrogen-bond donors (Lipinski definition) is 1. The Morgan fingerprint density at radius 3 is 2.31 bits per heavy atom. The van der Waals surface area contributed by atoms with Gasteiger partial charge in [0.05, 0.1) is 11.6 Å². The summed E-state index contributed by atoms with van der Waals surface area (Å²) in [6.45, 7) is 0. The molecule has 0 aliphatic carbocycles. The highest BCUT2D eigenvalue weighted by Crippen LogP contribution is 2.32. The molecule has 1 aliphatic rings. The number of nitrogens with two attached hydrogens (primary N) is 1. The van der Waals surface area contributed by atoms with E-state index in [0.29, 0.717) is 10.9 Å². The minimum Gasteiger partial charge on any atom is -0.379 e. The fourth-order valence-corrected chi connectivity index (χ4v) is 2.25. The average molecular weight is 246 g/mol. The van der Waals surface area contributed by atoms with Crippen LogP contribution in [0.2, 0.25) is 0 Å². The van der Waals surface area contributed by atoms with Gasteiger partial charge in [-0.15, -0.1) is 0 Å². The Labute approximate surface area is 94.7 Å². The fraction of sp³-hybridized carbons (Fsp3) is 0.300. The van der Waals surface area contributed by atoms with Gasteiger partial charge < -0.3 is 5.73 Å². The molecule has 2 rings (SSSR count). The Balaban J connectivity index is 2.20. The standard InChI is InChI=1S/C10H9F3N2S/c11-10(12,13)7-3-1-6(2-4-7)8-5-16-9(14)15-8/h1-4,8H,5H2,(H2,14,15). The van der Waals surface area contributed by atoms with E-state index >= 15 is 0 Å². The quantitative estimate of drug-likeness (QED) is 0.827. The van der Waals surface area contributed by atoms with Crippen molar-refractivity contribution in [1.82, 2.24) is 0 Å². The zero-order valence-corrected chi connectivity index (χ0v) is 8.98. The molecule has 16 heavy (non-hydrogen) atoms. The van der Waals surface area contributed by atoms with Gasteiger partial charge in [0.25, 0.3) is 0 Å². The molecule has 1 aliphatic heterocycles. The van der Waals surface area contributed by atoms with Gasteiger partial charge in [0, 0.05) is 5.75 Å². The highest BCUT2D eigenvalue weighted by molar-refractivity contribution is 8.14. The third-order valence-electron chi connectivity index (χ3n) is 2.29. The van der Waals surface area contributed by atoms with E-state index in [1.54, 1.807) is 0 Å². The first-order valence-electron chi connectivity index (χ1n) is 4.60. The molecule has 0 spiro atoms. The SMILES string of the molecule is NC1=NC(c2ccc(C(F)(F)F)cc2)CS1. The maximum absolute atomic E-state index is 12.3. The number of rotatable bonds is 1. The molecule has 1 atom stereocenters. The summed E-state index contributed by atoms with van der Waals surface area (Å²) in [5, 5.41) is 0.491. The van der Waals surface area contributed by atoms with Gasteiger partial charge in [-0.25, -0.2) is 0 Å². The van der Waals surface area contributed by atoms with Gasteiger partial charge in [0.15, 0.2) is 5.17 Å². The van der Waals surface area contributed by atoms with Crippen LogP contribution in [0.3, 0.4) is 0 Å². The summed E-state index contributed by atoms with van der Waals surface area (Å²) in [4.78, 5) is 4.13. The first-order chi connectivity index (χ1) is 7.47. The van der Waals surface area contributed by atoms with Crippen LogP contribution in [0.1, 0.15) is 17.2 Å². The largest absolute Gasteiger partial charge is 0.416 e. The summed E-state index contributed by atoms with van der Waals surface area (Å²) >= 11 is 1.42. The highest BCUT2D eigenvalue weighted by Gasteiger charge is 2.30. The Kier molecular flexibility index (Phi) is 2.84. The molecule has 0 bridgehead atoms. The predicted octanol–water partition coefficient (Wildman–Crippen LogP) is 2.81. The molecule has 1 unspecified atom stereocenters. The van der Waals surface area contributed by atoms with Crippen molar-refractivity contribution in [3.8, 4) is 0 Å². The maximum atomic E-state index is 12.3. The zero-order valence-electron chi connectivity index (χ0n) is 8.16. The number of thioether (sulfide) groups is 1. The van der Waals surface area contributed by atoms with Crippen molar-refractivity contribution in [1.29, 1.82) is 0 Å². The number of hydrogen-bond acceptors (Lipinski definition) is 3. The van der Waals surface area contributed by atoms with Crippen LogP contribution >= 0.6 is 11.8 Å². The second-order valence-electron chi connectivity index (χ2n) is 3.41. The first-order valence-corrected chi connectivity index (χ1v) is 5.58. The first kappa shape index (κ1) is 11.3. The second-order valence-corrected chi connectivity index (χ2v) is 4.45. The molecule has 0 aromatic heterocycles. The molecule has 6 heteroatoms. The molecule has 1 heterocycles. The van der Waals surface area contributed by atoms with Crippen LogP contribution < -0.4 is 5.73 Å². The molecule has 2 nitrogen and oxygen atoms in total. The highest BCUT2D eigenvalue weighted by atomic mass is 32.2. The monoisotopic (exact) mass is 246 g/mol. The Morgan fingerprint density at radius 2 is 1.88 bits per heavy atom. The second kappa shape index (κ2) is 4.01. The normalized spacial score (nSPS) is 20.9. The van der Waals surface area contributed by atoms with Gasteiger partial charge in [0.2, 0.25) is 0 Å². The topological polar surface area (TPSA) is 38.4 Å². The molecule has 0 amide bonds. The summed E-state index contributed by atoms with van der Waals surface area (Å²) in [5.74, 6) is 0.692. The lowest BCUT2D eigenvalue weighted by atomic mass is 10.1. The van der Waals surface area contributed by atoms with Gasteiger partial charge in [-0.3, -0.25) is 4.99 Å². The van der Waals surface area contributed by atoms with Crippen molar-refractivity contribution < 1.29 is 13.2 Å². The van der Waals surface area contributed by atoms with Gasteiger partial charge >= 0.3 is 6.18 Å². The summed E-state index contributed by atoms with van der Waals surface area (Å²) in [5.41, 5.74) is 5.62. The number of alkyl halides is 3. The zero-order chi connectivity index (χ0) is 11.8. The lowest BCUT2D eigenvalue weighted by molar-refractivity contribution is -0.137. The molecule has 0 saturated heterocycles. The van der Waals surface area contributed by atoms with Crippen LogP contribution in [0.25, 0.3) is 0 Å². The molecule has 2 N–H and O–H groups in total. The van der Waals surface area contributed by atoms with E-state index in [-0.39, 0.29) is 6.04 Å². The molecule has 1 aromatic rings. The van der Waals surface area contributed by atoms with Crippen molar-refractivity contribution in [2.24, 2.45) is 10.7 Å². The van der Waals surface area contributed by atoms with Gasteiger partial charge in [0.1, 0.15) is 0 Å². The van der Waals surface area contributed by atoms with Gasteiger partial charge in [-0.05, 0) is 17.7 Å². The Bertz CT molecular complexity index is 411. The van der Waals surface area contributed by atoms with E-state index in [1.807, 2.05) is 0 Å². The maximum Gasteiger partial charge on any atom is 0.416 e. The number of benzene rings is 1. The van der Waals surface area contributed by atoms with Crippen molar-refractivity contribution in [3.05, 3.63) is 35.4 Å². The van der Waals surface area contributed by atoms with Gasteiger partial charge in [-0.2, -0.15) is 13.2 Å². The Morgan fingerprint density at radius 1 is 1.25 bits per heavy atom. The van der Waals surface area contributed by atoms with Crippen molar-refractivity contribution >= 4 is 16.9 Å². The van der Waals surface area contributed by atoms with E-state index in [9.17, 15) is 13.2 Å². The molecular weight excluding hydrogens is 237 g/mol. The van der Waals surface area contributed by atoms with E-state index in [4.69, 9.17) is 5.73 Å². The number of halogens is 3. The van der Waals surface area contributed by atoms with E-state index in [0.717, 1.165) is 17.7 Å². The van der Waals surface area contributed by atoms with Crippen molar-refractivity contribution in [2.45, 2.75) is 12.2 Å². The fourth-order valence-electron chi connectivity index (χ4n) is 1.46. The van der Waals surface area contributed by atoms with E-state index in [1.165, 1.54) is 23.9 Å². The minimum atomic E-state index is -4.29. The molecule has 0 radical (unpaired) electrons. The number of aliphatic imine (C=N–C) groups is 1. The van der Waals surface area contributed by atoms with Gasteiger partial charge in [-0.1, -0.05) is 23.9 Å². The van der Waals surface area contributed by atoms with Crippen molar-refractivity contribution in [2.75, 3.05) is 5.75 Å². The molecule has 86 valence electrons. The Hall–Kier alpha value is -1.17. The predicted molar refractivity (Wildman–Crippen MR) is 58.3 cm³/mol. The lowest BCUT2D eigenvalue weighted by Crippen LogP contribution is -2.05. The molecular formula is C10H9F3N2S. The summed E-state index contributed by atoms with van der Waals surface area (Å²) in [7, 11) is 0. The summed E-state index contributed by atoms with van der Waals surface area (Å²) in [6.07, 6.45) is -4.29. The van der Waals surface area contributed by atoms with Crippen LogP contribution in [0.5, 0.6) is 0 Å². The van der Waals surface area contributed by atoms with Crippen LogP contribution in [-0.4, -0.2) is 10.9 Å². The average Bonchev–Trinajstić information content (AvgIpc) is 2.64. The van der Waals surface area contributed by atoms with E-state index < -0.39 is 11.7 Å². The van der Waals surface area contributed by atoms with Crippen molar-refractivity contribution in [3.63, 3.8) is 0 Å².